The van der Waals surface area contributed by atoms with Gasteiger partial charge in [-0.2, -0.15) is 0 Å². The summed E-state index contributed by atoms with van der Waals surface area (Å²) in [4.78, 5) is 25.4. The third-order valence-electron chi connectivity index (χ3n) is 4.37. The number of nitrogens with two attached hydrogens (primary N) is 1. The van der Waals surface area contributed by atoms with E-state index in [1.165, 1.54) is 16.2 Å². The maximum absolute atomic E-state index is 12.7. The number of aromatic nitrogens is 2. The smallest absolute Gasteiger partial charge is 0.270 e. The summed E-state index contributed by atoms with van der Waals surface area (Å²) >= 11 is 1.53. The average Bonchev–Trinajstić information content (AvgIpc) is 3.21. The average molecular weight is 378 g/mol. The molecule has 3 heterocycles. The summed E-state index contributed by atoms with van der Waals surface area (Å²) < 4.78 is 0. The normalized spacial score (nSPS) is 15.3. The highest BCUT2D eigenvalue weighted by atomic mass is 35.5. The number of hydrogen-bond donors (Lipinski definition) is 2. The van der Waals surface area contributed by atoms with Crippen molar-refractivity contribution in [3.8, 4) is 0 Å². The highest BCUT2D eigenvalue weighted by Gasteiger charge is 2.23. The molecule has 0 unspecified atom stereocenters. The van der Waals surface area contributed by atoms with E-state index < -0.39 is 0 Å². The van der Waals surface area contributed by atoms with Crippen molar-refractivity contribution in [1.82, 2.24) is 19.8 Å². The van der Waals surface area contributed by atoms with Gasteiger partial charge in [0.15, 0.2) is 5.13 Å². The molecule has 0 spiro atoms. The van der Waals surface area contributed by atoms with Gasteiger partial charge in [-0.3, -0.25) is 9.69 Å². The lowest BCUT2D eigenvalue weighted by atomic mass is 10.2. The summed E-state index contributed by atoms with van der Waals surface area (Å²) in [6.07, 6.45) is 1.84. The Morgan fingerprint density at radius 1 is 1.24 bits per heavy atom. The first kappa shape index (κ1) is 17.7. The number of fused-ring (bicyclic) bond motifs is 1. The quantitative estimate of drug-likeness (QED) is 0.735. The van der Waals surface area contributed by atoms with E-state index in [1.54, 1.807) is 0 Å². The molecule has 1 aromatic carbocycles. The van der Waals surface area contributed by atoms with Gasteiger partial charge >= 0.3 is 0 Å². The topological polar surface area (TPSA) is 78.2 Å². The maximum Gasteiger partial charge on any atom is 0.270 e. The molecule has 0 aliphatic carbocycles. The van der Waals surface area contributed by atoms with Crippen LogP contribution in [0, 0.1) is 0 Å². The second-order valence-electron chi connectivity index (χ2n) is 6.00. The zero-order valence-electron chi connectivity index (χ0n) is 13.6. The number of H-pyrrole nitrogens is 1. The van der Waals surface area contributed by atoms with Gasteiger partial charge in [-0.15, -0.1) is 23.7 Å². The Morgan fingerprint density at radius 3 is 2.68 bits per heavy atom. The van der Waals surface area contributed by atoms with E-state index in [4.69, 9.17) is 5.73 Å². The fourth-order valence-corrected chi connectivity index (χ4v) is 3.81. The maximum atomic E-state index is 12.7. The van der Waals surface area contributed by atoms with Gasteiger partial charge in [0.05, 0.1) is 0 Å². The Bertz CT molecular complexity index is 836. The second-order valence-corrected chi connectivity index (χ2v) is 7.15. The van der Waals surface area contributed by atoms with Crippen LogP contribution < -0.4 is 5.73 Å². The molecule has 1 aliphatic rings. The Balaban J connectivity index is 0.00000182. The van der Waals surface area contributed by atoms with Crippen molar-refractivity contribution in [2.75, 3.05) is 31.9 Å². The first-order chi connectivity index (χ1) is 11.7. The van der Waals surface area contributed by atoms with E-state index in [9.17, 15) is 4.79 Å². The first-order valence-corrected chi connectivity index (χ1v) is 8.80. The molecule has 2 aromatic heterocycles. The number of amides is 1. The molecule has 6 nitrogen and oxygen atoms in total. The van der Waals surface area contributed by atoms with Crippen molar-refractivity contribution < 1.29 is 4.79 Å². The largest absolute Gasteiger partial charge is 0.375 e. The molecule has 1 amide bonds. The van der Waals surface area contributed by atoms with Crippen LogP contribution in [-0.2, 0) is 6.54 Å². The number of aromatic amines is 1. The van der Waals surface area contributed by atoms with Gasteiger partial charge in [0.1, 0.15) is 5.69 Å². The molecule has 1 saturated heterocycles. The van der Waals surface area contributed by atoms with Gasteiger partial charge < -0.3 is 15.6 Å². The van der Waals surface area contributed by atoms with Crippen LogP contribution in [0.2, 0.25) is 0 Å². The summed E-state index contributed by atoms with van der Waals surface area (Å²) in [6.45, 7) is 4.06. The number of halogens is 1. The molecule has 0 atom stereocenters. The summed E-state index contributed by atoms with van der Waals surface area (Å²) in [5.41, 5.74) is 7.34. The summed E-state index contributed by atoms with van der Waals surface area (Å²) in [5.74, 6) is 0.0767. The molecule has 0 saturated carbocycles. The van der Waals surface area contributed by atoms with Crippen LogP contribution in [0.5, 0.6) is 0 Å². The number of benzene rings is 1. The van der Waals surface area contributed by atoms with Gasteiger partial charge in [0.25, 0.3) is 5.91 Å². The van der Waals surface area contributed by atoms with Crippen LogP contribution >= 0.6 is 23.7 Å². The minimum absolute atomic E-state index is 0. The van der Waals surface area contributed by atoms with E-state index in [0.29, 0.717) is 10.8 Å². The number of hydrogen-bond acceptors (Lipinski definition) is 5. The molecular formula is C17H20ClN5OS. The van der Waals surface area contributed by atoms with Gasteiger partial charge in [-0.1, -0.05) is 18.2 Å². The molecule has 0 bridgehead atoms. The van der Waals surface area contributed by atoms with Gasteiger partial charge in [-0.25, -0.2) is 4.98 Å². The van der Waals surface area contributed by atoms with Crippen LogP contribution in [0.3, 0.4) is 0 Å². The lowest BCUT2D eigenvalue weighted by molar-refractivity contribution is 0.0625. The van der Waals surface area contributed by atoms with Crippen molar-refractivity contribution in [1.29, 1.82) is 0 Å². The molecule has 25 heavy (non-hydrogen) atoms. The Morgan fingerprint density at radius 2 is 2.00 bits per heavy atom. The van der Waals surface area contributed by atoms with Crippen molar-refractivity contribution in [2.24, 2.45) is 0 Å². The Kier molecular flexibility index (Phi) is 5.27. The van der Waals surface area contributed by atoms with Crippen molar-refractivity contribution in [2.45, 2.75) is 6.54 Å². The van der Waals surface area contributed by atoms with E-state index in [2.05, 4.69) is 14.9 Å². The third kappa shape index (κ3) is 3.78. The molecular weight excluding hydrogens is 358 g/mol. The number of nitrogen functional groups attached to an aromatic ring is 1. The van der Waals surface area contributed by atoms with E-state index in [1.807, 2.05) is 41.4 Å². The number of carbonyl (C=O) groups is 1. The van der Waals surface area contributed by atoms with Crippen LogP contribution in [0.1, 0.15) is 15.4 Å². The summed E-state index contributed by atoms with van der Waals surface area (Å²) in [6, 6.07) is 9.89. The molecule has 3 N–H and O–H groups in total. The van der Waals surface area contributed by atoms with Crippen LogP contribution in [0.15, 0.2) is 36.5 Å². The zero-order chi connectivity index (χ0) is 16.5. The molecule has 1 fully saturated rings. The highest BCUT2D eigenvalue weighted by molar-refractivity contribution is 7.15. The fraction of sp³-hybridized carbons (Fsp3) is 0.294. The van der Waals surface area contributed by atoms with Crippen molar-refractivity contribution >= 4 is 45.7 Å². The molecule has 132 valence electrons. The van der Waals surface area contributed by atoms with E-state index >= 15 is 0 Å². The monoisotopic (exact) mass is 377 g/mol. The Hall–Kier alpha value is -2.09. The second kappa shape index (κ2) is 7.43. The number of para-hydroxylation sites is 1. The minimum Gasteiger partial charge on any atom is -0.375 e. The number of carbonyl (C=O) groups excluding carboxylic acids is 1. The van der Waals surface area contributed by atoms with Crippen LogP contribution in [0.4, 0.5) is 5.13 Å². The van der Waals surface area contributed by atoms with Gasteiger partial charge in [0.2, 0.25) is 0 Å². The zero-order valence-corrected chi connectivity index (χ0v) is 15.3. The van der Waals surface area contributed by atoms with E-state index in [-0.39, 0.29) is 18.3 Å². The van der Waals surface area contributed by atoms with Gasteiger partial charge in [-0.05, 0) is 12.1 Å². The predicted molar refractivity (Wildman–Crippen MR) is 103 cm³/mol. The number of anilines is 1. The SMILES string of the molecule is Cl.Nc1ncc(CN2CCN(C(=O)c3cc4ccccc4[nH]3)CC2)s1. The first-order valence-electron chi connectivity index (χ1n) is 7.98. The summed E-state index contributed by atoms with van der Waals surface area (Å²) in [5, 5.41) is 1.68. The van der Waals surface area contributed by atoms with Crippen LogP contribution in [-0.4, -0.2) is 51.9 Å². The molecule has 3 aromatic rings. The molecule has 4 rings (SSSR count). The number of thiazole rings is 1. The number of nitrogens with one attached hydrogen (secondary N) is 1. The Labute approximate surface area is 156 Å². The lowest BCUT2D eigenvalue weighted by Crippen LogP contribution is -2.48. The molecule has 8 heteroatoms. The van der Waals surface area contributed by atoms with E-state index in [0.717, 1.165) is 43.6 Å². The lowest BCUT2D eigenvalue weighted by Gasteiger charge is -2.34. The van der Waals surface area contributed by atoms with Crippen LogP contribution in [0.25, 0.3) is 10.9 Å². The predicted octanol–water partition coefficient (Wildman–Crippen LogP) is 2.59. The van der Waals surface area contributed by atoms with Gasteiger partial charge in [0, 0.05) is 54.7 Å². The minimum atomic E-state index is 0. The summed E-state index contributed by atoms with van der Waals surface area (Å²) in [7, 11) is 0. The molecule has 1 aliphatic heterocycles. The third-order valence-corrected chi connectivity index (χ3v) is 5.18. The standard InChI is InChI=1S/C17H19N5OS.ClH/c18-17-19-10-13(24-17)11-21-5-7-22(8-6-21)16(23)15-9-12-3-1-2-4-14(12)20-15;/h1-4,9-10,20H,5-8,11H2,(H2,18,19);1H. The number of rotatable bonds is 3. The highest BCUT2D eigenvalue weighted by Crippen LogP contribution is 2.19. The van der Waals surface area contributed by atoms with Crippen molar-refractivity contribution in [3.05, 3.63) is 47.1 Å². The molecule has 0 radical (unpaired) electrons. The number of nitrogens with zero attached hydrogens (tertiary/aromatic N) is 3. The van der Waals surface area contributed by atoms with Crippen molar-refractivity contribution in [3.63, 3.8) is 0 Å². The number of piperazine rings is 1. The fourth-order valence-electron chi connectivity index (χ4n) is 3.08.